The van der Waals surface area contributed by atoms with E-state index in [1.807, 2.05) is 29.8 Å². The zero-order valence-electron chi connectivity index (χ0n) is 11.5. The normalized spacial score (nSPS) is 12.3. The van der Waals surface area contributed by atoms with Crippen LogP contribution in [-0.2, 0) is 0 Å². The molecule has 1 unspecified atom stereocenters. The van der Waals surface area contributed by atoms with E-state index >= 15 is 0 Å². The lowest BCUT2D eigenvalue weighted by molar-refractivity contribution is 0.0740. The summed E-state index contributed by atoms with van der Waals surface area (Å²) in [6.07, 6.45) is 1.80. The van der Waals surface area contributed by atoms with Gasteiger partial charge in [-0.1, -0.05) is 6.07 Å². The first-order valence-electron chi connectivity index (χ1n) is 6.31. The number of hydrogen-bond donors (Lipinski definition) is 0. The molecule has 0 spiro atoms. The third-order valence-electron chi connectivity index (χ3n) is 3.22. The van der Waals surface area contributed by atoms with Gasteiger partial charge in [-0.25, -0.2) is 4.98 Å². The molecule has 0 saturated heterocycles. The fourth-order valence-electron chi connectivity index (χ4n) is 1.86. The molecular formula is C14H13N3OS3. The minimum atomic E-state index is -0.0602. The van der Waals surface area contributed by atoms with Gasteiger partial charge >= 0.3 is 0 Å². The van der Waals surface area contributed by atoms with E-state index < -0.39 is 0 Å². The van der Waals surface area contributed by atoms with Crippen molar-refractivity contribution in [1.29, 1.82) is 0 Å². The van der Waals surface area contributed by atoms with Crippen molar-refractivity contribution in [2.75, 3.05) is 7.05 Å². The maximum absolute atomic E-state index is 12.5. The lowest BCUT2D eigenvalue weighted by Gasteiger charge is -2.22. The van der Waals surface area contributed by atoms with Crippen molar-refractivity contribution < 1.29 is 4.79 Å². The van der Waals surface area contributed by atoms with Gasteiger partial charge in [-0.3, -0.25) is 9.78 Å². The van der Waals surface area contributed by atoms with E-state index in [9.17, 15) is 4.79 Å². The van der Waals surface area contributed by atoms with Crippen LogP contribution in [0.25, 0.3) is 9.88 Å². The Balaban J connectivity index is 1.79. The summed E-state index contributed by atoms with van der Waals surface area (Å²) in [7, 11) is 1.80. The Morgan fingerprint density at radius 1 is 1.33 bits per heavy atom. The second kappa shape index (κ2) is 6.05. The van der Waals surface area contributed by atoms with Crippen LogP contribution >= 0.6 is 34.0 Å². The fraction of sp³-hybridized carbons (Fsp3) is 0.214. The second-order valence-corrected chi connectivity index (χ2v) is 7.23. The van der Waals surface area contributed by atoms with Crippen LogP contribution in [0, 0.1) is 0 Å². The first-order valence-corrected chi connectivity index (χ1v) is 8.95. The Hall–Kier alpha value is -1.57. The van der Waals surface area contributed by atoms with E-state index in [2.05, 4.69) is 9.97 Å². The van der Waals surface area contributed by atoms with Crippen LogP contribution in [0.3, 0.4) is 0 Å². The van der Waals surface area contributed by atoms with Gasteiger partial charge < -0.3 is 4.90 Å². The maximum Gasteiger partial charge on any atom is 0.273 e. The van der Waals surface area contributed by atoms with Crippen molar-refractivity contribution in [2.45, 2.75) is 13.0 Å². The lowest BCUT2D eigenvalue weighted by atomic mass is 10.2. The Kier molecular flexibility index (Phi) is 4.14. The average molecular weight is 335 g/mol. The standard InChI is InChI=1S/C14H13N3OS3/c1-9(12-6-15-8-21-12)17(2)14(18)10-7-20-13(16-10)11-4-3-5-19-11/h3-9H,1-2H3. The number of amides is 1. The summed E-state index contributed by atoms with van der Waals surface area (Å²) >= 11 is 4.69. The van der Waals surface area contributed by atoms with Gasteiger partial charge in [0.1, 0.15) is 10.7 Å². The summed E-state index contributed by atoms with van der Waals surface area (Å²) in [4.78, 5) is 24.9. The molecule has 0 saturated carbocycles. The number of thiazole rings is 2. The molecule has 7 heteroatoms. The highest BCUT2D eigenvalue weighted by atomic mass is 32.1. The van der Waals surface area contributed by atoms with Crippen molar-refractivity contribution in [2.24, 2.45) is 0 Å². The quantitative estimate of drug-likeness (QED) is 0.719. The highest BCUT2D eigenvalue weighted by Gasteiger charge is 2.22. The minimum Gasteiger partial charge on any atom is -0.333 e. The minimum absolute atomic E-state index is 0.00288. The summed E-state index contributed by atoms with van der Waals surface area (Å²) in [6, 6.07) is 4.00. The predicted molar refractivity (Wildman–Crippen MR) is 88.0 cm³/mol. The van der Waals surface area contributed by atoms with Crippen molar-refractivity contribution in [1.82, 2.24) is 14.9 Å². The Morgan fingerprint density at radius 2 is 2.19 bits per heavy atom. The molecule has 0 aromatic carbocycles. The van der Waals surface area contributed by atoms with Crippen LogP contribution in [-0.4, -0.2) is 27.8 Å². The van der Waals surface area contributed by atoms with Crippen LogP contribution in [0.4, 0.5) is 0 Å². The van der Waals surface area contributed by atoms with Gasteiger partial charge in [-0.05, 0) is 18.4 Å². The molecule has 0 aliphatic carbocycles. The topological polar surface area (TPSA) is 46.1 Å². The zero-order chi connectivity index (χ0) is 14.8. The first-order chi connectivity index (χ1) is 10.2. The van der Waals surface area contributed by atoms with Crippen LogP contribution in [0.5, 0.6) is 0 Å². The second-order valence-electron chi connectivity index (χ2n) is 4.51. The summed E-state index contributed by atoms with van der Waals surface area (Å²) in [5, 5.41) is 4.73. The number of hydrogen-bond acceptors (Lipinski definition) is 6. The molecule has 0 aliphatic rings. The summed E-state index contributed by atoms with van der Waals surface area (Å²) in [5.74, 6) is -0.0602. The highest BCUT2D eigenvalue weighted by Crippen LogP contribution is 2.29. The number of nitrogens with zero attached hydrogens (tertiary/aromatic N) is 3. The number of rotatable bonds is 4. The molecule has 0 aliphatic heterocycles. The van der Waals surface area contributed by atoms with Gasteiger partial charge in [0, 0.05) is 23.5 Å². The van der Waals surface area contributed by atoms with Gasteiger partial charge in [0.25, 0.3) is 5.91 Å². The molecule has 3 rings (SSSR count). The molecule has 0 N–H and O–H groups in total. The van der Waals surface area contributed by atoms with Gasteiger partial charge in [-0.2, -0.15) is 0 Å². The van der Waals surface area contributed by atoms with Crippen molar-refractivity contribution >= 4 is 39.9 Å². The van der Waals surface area contributed by atoms with Crippen LogP contribution in [0.15, 0.2) is 34.6 Å². The third kappa shape index (κ3) is 2.90. The van der Waals surface area contributed by atoms with Crippen LogP contribution in [0.2, 0.25) is 0 Å². The molecule has 0 bridgehead atoms. The maximum atomic E-state index is 12.5. The number of carbonyl (C=O) groups excluding carboxylic acids is 1. The summed E-state index contributed by atoms with van der Waals surface area (Å²) in [6.45, 7) is 2.00. The highest BCUT2D eigenvalue weighted by molar-refractivity contribution is 7.20. The average Bonchev–Trinajstić information content (AvgIpc) is 3.26. The molecule has 3 aromatic heterocycles. The Morgan fingerprint density at radius 3 is 2.86 bits per heavy atom. The molecule has 0 fully saturated rings. The fourth-order valence-corrected chi connectivity index (χ4v) is 4.19. The van der Waals surface area contributed by atoms with Crippen molar-refractivity contribution in [3.63, 3.8) is 0 Å². The lowest BCUT2D eigenvalue weighted by Crippen LogP contribution is -2.29. The van der Waals surface area contributed by atoms with Crippen molar-refractivity contribution in [3.05, 3.63) is 45.2 Å². The molecule has 1 amide bonds. The smallest absolute Gasteiger partial charge is 0.273 e. The van der Waals surface area contributed by atoms with E-state index in [-0.39, 0.29) is 11.9 Å². The molecule has 1 atom stereocenters. The molecule has 108 valence electrons. The monoisotopic (exact) mass is 335 g/mol. The molecule has 4 nitrogen and oxygen atoms in total. The predicted octanol–water partition coefficient (Wildman–Crippen LogP) is 4.16. The van der Waals surface area contributed by atoms with E-state index in [0.29, 0.717) is 5.69 Å². The molecule has 0 radical (unpaired) electrons. The van der Waals surface area contributed by atoms with Crippen LogP contribution < -0.4 is 0 Å². The van der Waals surface area contributed by atoms with Gasteiger partial charge in [-0.15, -0.1) is 34.0 Å². The van der Waals surface area contributed by atoms with Gasteiger partial charge in [0.05, 0.1) is 16.4 Å². The Labute approximate surface area is 134 Å². The number of carbonyl (C=O) groups is 1. The molecule has 21 heavy (non-hydrogen) atoms. The number of aromatic nitrogens is 2. The summed E-state index contributed by atoms with van der Waals surface area (Å²) in [5.41, 5.74) is 2.28. The van der Waals surface area contributed by atoms with Gasteiger partial charge in [0.2, 0.25) is 0 Å². The largest absolute Gasteiger partial charge is 0.333 e. The summed E-state index contributed by atoms with van der Waals surface area (Å²) < 4.78 is 0. The van der Waals surface area contributed by atoms with Gasteiger partial charge in [0.15, 0.2) is 0 Å². The number of thiophene rings is 1. The van der Waals surface area contributed by atoms with Crippen LogP contribution in [0.1, 0.15) is 28.3 Å². The van der Waals surface area contributed by atoms with E-state index in [1.54, 1.807) is 46.3 Å². The SMILES string of the molecule is CC(c1cncs1)N(C)C(=O)c1csc(-c2cccs2)n1. The molecule has 3 heterocycles. The third-order valence-corrected chi connectivity index (χ3v) is 6.05. The molecular weight excluding hydrogens is 322 g/mol. The molecule has 3 aromatic rings. The van der Waals surface area contributed by atoms with Crippen molar-refractivity contribution in [3.8, 4) is 9.88 Å². The zero-order valence-corrected chi connectivity index (χ0v) is 14.0. The van der Waals surface area contributed by atoms with E-state index in [0.717, 1.165) is 14.8 Å². The first kappa shape index (κ1) is 14.4. The van der Waals surface area contributed by atoms with E-state index in [4.69, 9.17) is 0 Å². The Bertz CT molecular complexity index is 719. The van der Waals surface area contributed by atoms with E-state index in [1.165, 1.54) is 11.3 Å².